The van der Waals surface area contributed by atoms with Gasteiger partial charge in [-0.1, -0.05) is 88.4 Å². The highest BCUT2D eigenvalue weighted by Crippen LogP contribution is 2.35. The fourth-order valence-corrected chi connectivity index (χ4v) is 4.18. The molecule has 3 heteroatoms. The van der Waals surface area contributed by atoms with Crippen LogP contribution < -0.4 is 11.1 Å². The first-order valence-corrected chi connectivity index (χ1v) is 11.3. The van der Waals surface area contributed by atoms with Gasteiger partial charge in [0.25, 0.3) is 0 Å². The molecule has 0 aliphatic heterocycles. The molecule has 0 fully saturated rings. The second kappa shape index (κ2) is 13.0. The van der Waals surface area contributed by atoms with E-state index in [2.05, 4.69) is 61.6 Å². The van der Waals surface area contributed by atoms with Crippen molar-refractivity contribution in [2.75, 3.05) is 11.9 Å². The molecule has 0 radical (unpaired) electrons. The van der Waals surface area contributed by atoms with E-state index >= 15 is 0 Å². The van der Waals surface area contributed by atoms with Crippen LogP contribution in [-0.2, 0) is 17.6 Å². The Balaban J connectivity index is 2.20. The van der Waals surface area contributed by atoms with Crippen LogP contribution in [0.2, 0.25) is 0 Å². The first-order chi connectivity index (χ1) is 14.2. The quantitative estimate of drug-likeness (QED) is 0.374. The standard InChI is InChI=1S/C26H38N2O/c1-3-5-6-10-15-22(12-4-2)26-23(20-25(27)29)16-11-17-24(26)28-19-18-21-13-8-7-9-14-21/h7-9,11,13-14,16-17,22,28H,3-6,10,12,15,18-20H2,1-2H3,(H2,27,29). The van der Waals surface area contributed by atoms with Crippen LogP contribution in [-0.4, -0.2) is 12.5 Å². The lowest BCUT2D eigenvalue weighted by Gasteiger charge is -2.24. The van der Waals surface area contributed by atoms with Crippen molar-refractivity contribution < 1.29 is 4.79 Å². The monoisotopic (exact) mass is 394 g/mol. The van der Waals surface area contributed by atoms with E-state index in [0.29, 0.717) is 12.3 Å². The number of unbranched alkanes of at least 4 members (excludes halogenated alkanes) is 3. The van der Waals surface area contributed by atoms with Gasteiger partial charge in [-0.15, -0.1) is 0 Å². The summed E-state index contributed by atoms with van der Waals surface area (Å²) in [6.45, 7) is 5.38. The number of nitrogens with two attached hydrogens (primary N) is 1. The Morgan fingerprint density at radius 2 is 1.72 bits per heavy atom. The lowest BCUT2D eigenvalue weighted by atomic mass is 9.84. The van der Waals surface area contributed by atoms with Crippen molar-refractivity contribution in [2.24, 2.45) is 5.73 Å². The molecule has 0 saturated carbocycles. The molecule has 1 amide bonds. The number of primary amides is 1. The Kier molecular flexibility index (Phi) is 10.3. The molecule has 29 heavy (non-hydrogen) atoms. The van der Waals surface area contributed by atoms with Crippen LogP contribution in [0.25, 0.3) is 0 Å². The summed E-state index contributed by atoms with van der Waals surface area (Å²) in [4.78, 5) is 11.7. The van der Waals surface area contributed by atoms with Crippen molar-refractivity contribution in [2.45, 2.75) is 77.6 Å². The molecule has 0 aliphatic rings. The van der Waals surface area contributed by atoms with Crippen molar-refractivity contribution in [3.05, 3.63) is 65.2 Å². The van der Waals surface area contributed by atoms with Crippen LogP contribution in [0.4, 0.5) is 5.69 Å². The summed E-state index contributed by atoms with van der Waals surface area (Å²) in [6.07, 6.45) is 9.85. The summed E-state index contributed by atoms with van der Waals surface area (Å²) in [6, 6.07) is 16.8. The third-order valence-electron chi connectivity index (χ3n) is 5.58. The predicted octanol–water partition coefficient (Wildman–Crippen LogP) is 6.22. The van der Waals surface area contributed by atoms with Gasteiger partial charge >= 0.3 is 0 Å². The van der Waals surface area contributed by atoms with E-state index in [1.807, 2.05) is 6.07 Å². The molecule has 2 rings (SSSR count). The Morgan fingerprint density at radius 3 is 2.41 bits per heavy atom. The van der Waals surface area contributed by atoms with Crippen molar-refractivity contribution >= 4 is 11.6 Å². The molecular formula is C26H38N2O. The van der Waals surface area contributed by atoms with Gasteiger partial charge in [0, 0.05) is 12.2 Å². The molecule has 0 aliphatic carbocycles. The average Bonchev–Trinajstić information content (AvgIpc) is 2.71. The van der Waals surface area contributed by atoms with Gasteiger partial charge in [-0.25, -0.2) is 0 Å². The number of nitrogens with one attached hydrogen (secondary N) is 1. The zero-order valence-corrected chi connectivity index (χ0v) is 18.3. The van der Waals surface area contributed by atoms with Crippen molar-refractivity contribution in [3.8, 4) is 0 Å². The molecular weight excluding hydrogens is 356 g/mol. The van der Waals surface area contributed by atoms with Gasteiger partial charge in [0.2, 0.25) is 5.91 Å². The van der Waals surface area contributed by atoms with Gasteiger partial charge in [0.05, 0.1) is 6.42 Å². The predicted molar refractivity (Wildman–Crippen MR) is 124 cm³/mol. The third-order valence-corrected chi connectivity index (χ3v) is 5.58. The molecule has 3 N–H and O–H groups in total. The van der Waals surface area contributed by atoms with Gasteiger partial charge in [0.15, 0.2) is 0 Å². The molecule has 2 aromatic carbocycles. The molecule has 0 spiro atoms. The smallest absolute Gasteiger partial charge is 0.221 e. The number of benzene rings is 2. The Hall–Kier alpha value is -2.29. The SMILES string of the molecule is CCCCCCC(CCC)c1c(CC(N)=O)cccc1NCCc1ccccc1. The lowest BCUT2D eigenvalue weighted by Crippen LogP contribution is -2.17. The zero-order valence-electron chi connectivity index (χ0n) is 18.3. The topological polar surface area (TPSA) is 55.1 Å². The maximum absolute atomic E-state index is 11.7. The van der Waals surface area contributed by atoms with E-state index in [9.17, 15) is 4.79 Å². The van der Waals surface area contributed by atoms with E-state index in [-0.39, 0.29) is 5.91 Å². The van der Waals surface area contributed by atoms with Crippen LogP contribution in [0.15, 0.2) is 48.5 Å². The minimum Gasteiger partial charge on any atom is -0.384 e. The van der Waals surface area contributed by atoms with Crippen molar-refractivity contribution in [1.29, 1.82) is 0 Å². The molecule has 158 valence electrons. The van der Waals surface area contributed by atoms with Crippen LogP contribution in [0.1, 0.15) is 81.4 Å². The highest BCUT2D eigenvalue weighted by molar-refractivity contribution is 5.78. The summed E-state index contributed by atoms with van der Waals surface area (Å²) in [5, 5.41) is 3.66. The second-order valence-electron chi connectivity index (χ2n) is 8.02. The van der Waals surface area contributed by atoms with Crippen LogP contribution in [0.5, 0.6) is 0 Å². The number of amides is 1. The molecule has 2 aromatic rings. The van der Waals surface area contributed by atoms with E-state index < -0.39 is 0 Å². The number of hydrogen-bond acceptors (Lipinski definition) is 2. The number of rotatable bonds is 14. The molecule has 3 nitrogen and oxygen atoms in total. The highest BCUT2D eigenvalue weighted by atomic mass is 16.1. The minimum atomic E-state index is -0.256. The summed E-state index contributed by atoms with van der Waals surface area (Å²) in [7, 11) is 0. The van der Waals surface area contributed by atoms with E-state index in [1.54, 1.807) is 0 Å². The first-order valence-electron chi connectivity index (χ1n) is 11.3. The van der Waals surface area contributed by atoms with Crippen molar-refractivity contribution in [1.82, 2.24) is 0 Å². The first kappa shape index (κ1) is 23.0. The molecule has 0 saturated heterocycles. The maximum atomic E-state index is 11.7. The molecule has 0 aromatic heterocycles. The van der Waals surface area contributed by atoms with Crippen molar-refractivity contribution in [3.63, 3.8) is 0 Å². The number of anilines is 1. The Morgan fingerprint density at radius 1 is 0.931 bits per heavy atom. The second-order valence-corrected chi connectivity index (χ2v) is 8.02. The van der Waals surface area contributed by atoms with Crippen LogP contribution >= 0.6 is 0 Å². The highest BCUT2D eigenvalue weighted by Gasteiger charge is 2.19. The van der Waals surface area contributed by atoms with E-state index in [1.165, 1.54) is 48.9 Å². The van der Waals surface area contributed by atoms with E-state index in [0.717, 1.165) is 31.4 Å². The van der Waals surface area contributed by atoms with Crippen LogP contribution in [0.3, 0.4) is 0 Å². The number of hydrogen-bond donors (Lipinski definition) is 2. The summed E-state index contributed by atoms with van der Waals surface area (Å²) < 4.78 is 0. The van der Waals surface area contributed by atoms with Gasteiger partial charge in [-0.05, 0) is 47.9 Å². The summed E-state index contributed by atoms with van der Waals surface area (Å²) >= 11 is 0. The zero-order chi connectivity index (χ0) is 20.9. The summed E-state index contributed by atoms with van der Waals surface area (Å²) in [5.74, 6) is 0.223. The molecule has 0 bridgehead atoms. The van der Waals surface area contributed by atoms with Gasteiger partial charge in [-0.3, -0.25) is 4.79 Å². The third kappa shape index (κ3) is 7.92. The minimum absolute atomic E-state index is 0.256. The normalized spacial score (nSPS) is 11.9. The number of carbonyl (C=O) groups excluding carboxylic acids is 1. The Labute approximate surface area is 177 Å². The molecule has 0 heterocycles. The lowest BCUT2D eigenvalue weighted by molar-refractivity contribution is -0.117. The summed E-state index contributed by atoms with van der Waals surface area (Å²) in [5.41, 5.74) is 10.5. The fourth-order valence-electron chi connectivity index (χ4n) is 4.18. The Bertz CT molecular complexity index is 727. The average molecular weight is 395 g/mol. The molecule has 1 atom stereocenters. The fraction of sp³-hybridized carbons (Fsp3) is 0.500. The largest absolute Gasteiger partial charge is 0.384 e. The maximum Gasteiger partial charge on any atom is 0.221 e. The van der Waals surface area contributed by atoms with Gasteiger partial charge in [-0.2, -0.15) is 0 Å². The van der Waals surface area contributed by atoms with Crippen LogP contribution in [0, 0.1) is 0 Å². The van der Waals surface area contributed by atoms with E-state index in [4.69, 9.17) is 5.73 Å². The van der Waals surface area contributed by atoms with Gasteiger partial charge in [0.1, 0.15) is 0 Å². The molecule has 1 unspecified atom stereocenters. The number of carbonyl (C=O) groups is 1. The van der Waals surface area contributed by atoms with Gasteiger partial charge < -0.3 is 11.1 Å².